The van der Waals surface area contributed by atoms with Crippen molar-refractivity contribution in [1.82, 2.24) is 5.32 Å². The highest BCUT2D eigenvalue weighted by Crippen LogP contribution is 2.16. The molecule has 0 rings (SSSR count). The summed E-state index contributed by atoms with van der Waals surface area (Å²) in [5.41, 5.74) is 0. The van der Waals surface area contributed by atoms with E-state index in [0.717, 1.165) is 18.4 Å². The van der Waals surface area contributed by atoms with Gasteiger partial charge in [0.25, 0.3) is 0 Å². The summed E-state index contributed by atoms with van der Waals surface area (Å²) in [6.45, 7) is 12.6. The molecule has 1 N–H and O–H groups in total. The van der Waals surface area contributed by atoms with Crippen molar-refractivity contribution < 1.29 is 0 Å². The fraction of sp³-hybridized carbons (Fsp3) is 1.00. The van der Waals surface area contributed by atoms with Crippen molar-refractivity contribution in [3.05, 3.63) is 0 Å². The Hall–Kier alpha value is -0.0400. The summed E-state index contributed by atoms with van der Waals surface area (Å²) in [4.78, 5) is 0. The molecular weight excluding hydrogens is 170 g/mol. The van der Waals surface area contributed by atoms with Gasteiger partial charge in [0, 0.05) is 6.04 Å². The highest BCUT2D eigenvalue weighted by Gasteiger charge is 2.07. The Morgan fingerprint density at radius 3 is 2.14 bits per heavy atom. The van der Waals surface area contributed by atoms with Crippen LogP contribution in [-0.2, 0) is 0 Å². The third-order valence-corrected chi connectivity index (χ3v) is 2.79. The first-order valence-electron chi connectivity index (χ1n) is 6.29. The van der Waals surface area contributed by atoms with Crippen LogP contribution < -0.4 is 5.32 Å². The third kappa shape index (κ3) is 8.55. The first kappa shape index (κ1) is 14.0. The molecule has 1 nitrogen and oxygen atoms in total. The van der Waals surface area contributed by atoms with Crippen LogP contribution in [0.2, 0.25) is 0 Å². The van der Waals surface area contributed by atoms with Crippen molar-refractivity contribution in [3.63, 3.8) is 0 Å². The predicted molar refractivity (Wildman–Crippen MR) is 65.6 cm³/mol. The largest absolute Gasteiger partial charge is 0.315 e. The molecule has 0 radical (unpaired) electrons. The average molecular weight is 199 g/mol. The fourth-order valence-electron chi connectivity index (χ4n) is 2.03. The van der Waals surface area contributed by atoms with Crippen molar-refractivity contribution in [3.8, 4) is 0 Å². The summed E-state index contributed by atoms with van der Waals surface area (Å²) in [6.07, 6.45) is 5.51. The minimum absolute atomic E-state index is 0.689. The van der Waals surface area contributed by atoms with Crippen LogP contribution >= 0.6 is 0 Å². The number of hydrogen-bond acceptors (Lipinski definition) is 1. The zero-order valence-corrected chi connectivity index (χ0v) is 10.8. The lowest BCUT2D eigenvalue weighted by Crippen LogP contribution is -2.27. The van der Waals surface area contributed by atoms with Crippen LogP contribution in [0.5, 0.6) is 0 Å². The van der Waals surface area contributed by atoms with Crippen LogP contribution in [0.1, 0.15) is 60.3 Å². The van der Waals surface area contributed by atoms with Crippen molar-refractivity contribution in [1.29, 1.82) is 0 Å². The third-order valence-electron chi connectivity index (χ3n) is 2.79. The van der Waals surface area contributed by atoms with Crippen LogP contribution in [-0.4, -0.2) is 12.6 Å². The van der Waals surface area contributed by atoms with Gasteiger partial charge in [-0.05, 0) is 31.7 Å². The lowest BCUT2D eigenvalue weighted by Gasteiger charge is -2.18. The molecule has 0 aromatic rings. The smallest absolute Gasteiger partial charge is 0.00411 e. The van der Waals surface area contributed by atoms with Crippen LogP contribution in [0.25, 0.3) is 0 Å². The van der Waals surface area contributed by atoms with E-state index in [-0.39, 0.29) is 0 Å². The van der Waals surface area contributed by atoms with Crippen molar-refractivity contribution >= 4 is 0 Å². The van der Waals surface area contributed by atoms with Crippen molar-refractivity contribution in [2.45, 2.75) is 66.3 Å². The molecule has 0 aliphatic heterocycles. The van der Waals surface area contributed by atoms with Gasteiger partial charge in [-0.15, -0.1) is 0 Å². The molecule has 0 aromatic heterocycles. The molecule has 0 heterocycles. The molecule has 0 aliphatic carbocycles. The fourth-order valence-corrected chi connectivity index (χ4v) is 2.03. The van der Waals surface area contributed by atoms with E-state index in [1.807, 2.05) is 0 Å². The predicted octanol–water partition coefficient (Wildman–Crippen LogP) is 3.84. The molecule has 14 heavy (non-hydrogen) atoms. The molecule has 2 atom stereocenters. The Morgan fingerprint density at radius 2 is 1.64 bits per heavy atom. The number of hydrogen-bond donors (Lipinski definition) is 1. The van der Waals surface area contributed by atoms with Gasteiger partial charge in [0.05, 0.1) is 0 Å². The summed E-state index contributed by atoms with van der Waals surface area (Å²) in [6, 6.07) is 0.689. The van der Waals surface area contributed by atoms with Crippen molar-refractivity contribution in [2.75, 3.05) is 6.54 Å². The molecule has 0 amide bonds. The van der Waals surface area contributed by atoms with Gasteiger partial charge in [-0.25, -0.2) is 0 Å². The molecular formula is C13H29N. The maximum Gasteiger partial charge on any atom is 0.00411 e. The van der Waals surface area contributed by atoms with Gasteiger partial charge in [-0.1, -0.05) is 47.0 Å². The van der Waals surface area contributed by atoms with E-state index in [2.05, 4.69) is 39.9 Å². The second-order valence-electron chi connectivity index (χ2n) is 5.12. The van der Waals surface area contributed by atoms with Crippen LogP contribution in [0.15, 0.2) is 0 Å². The number of nitrogens with one attached hydrogen (secondary N) is 1. The first-order chi connectivity index (χ1) is 6.56. The van der Waals surface area contributed by atoms with Gasteiger partial charge in [0.1, 0.15) is 0 Å². The van der Waals surface area contributed by atoms with Gasteiger partial charge >= 0.3 is 0 Å². The minimum Gasteiger partial charge on any atom is -0.315 e. The average Bonchev–Trinajstić information content (AvgIpc) is 2.03. The van der Waals surface area contributed by atoms with E-state index in [0.29, 0.717) is 6.04 Å². The lowest BCUT2D eigenvalue weighted by molar-refractivity contribution is 0.385. The monoisotopic (exact) mass is 199 g/mol. The van der Waals surface area contributed by atoms with E-state index in [1.54, 1.807) is 0 Å². The van der Waals surface area contributed by atoms with Gasteiger partial charge < -0.3 is 5.32 Å². The zero-order valence-electron chi connectivity index (χ0n) is 10.8. The lowest BCUT2D eigenvalue weighted by atomic mass is 9.95. The maximum atomic E-state index is 3.48. The summed E-state index contributed by atoms with van der Waals surface area (Å²) in [5.74, 6) is 1.75. The Kier molecular flexibility index (Phi) is 8.26. The van der Waals surface area contributed by atoms with Gasteiger partial charge in [-0.2, -0.15) is 0 Å². The molecule has 1 heteroatoms. The Bertz CT molecular complexity index is 120. The normalized spacial score (nSPS) is 15.9. The molecule has 0 aromatic carbocycles. The second kappa shape index (κ2) is 8.28. The minimum atomic E-state index is 0.689. The molecule has 0 spiro atoms. The highest BCUT2D eigenvalue weighted by atomic mass is 14.9. The van der Waals surface area contributed by atoms with Gasteiger partial charge in [-0.3, -0.25) is 0 Å². The SMILES string of the molecule is CCNC(C)CC(C)CCCC(C)C. The van der Waals surface area contributed by atoms with Crippen LogP contribution in [0, 0.1) is 11.8 Å². The molecule has 0 bridgehead atoms. The van der Waals surface area contributed by atoms with Gasteiger partial charge in [0.2, 0.25) is 0 Å². The maximum absolute atomic E-state index is 3.48. The summed E-state index contributed by atoms with van der Waals surface area (Å²) in [7, 11) is 0. The molecule has 0 saturated carbocycles. The van der Waals surface area contributed by atoms with E-state index >= 15 is 0 Å². The van der Waals surface area contributed by atoms with E-state index in [9.17, 15) is 0 Å². The Labute approximate surface area is 90.7 Å². The molecule has 2 unspecified atom stereocenters. The second-order valence-corrected chi connectivity index (χ2v) is 5.12. The summed E-state index contributed by atoms with van der Waals surface area (Å²) < 4.78 is 0. The summed E-state index contributed by atoms with van der Waals surface area (Å²) in [5, 5.41) is 3.48. The highest BCUT2D eigenvalue weighted by molar-refractivity contribution is 4.64. The summed E-state index contributed by atoms with van der Waals surface area (Å²) >= 11 is 0. The van der Waals surface area contributed by atoms with Crippen molar-refractivity contribution in [2.24, 2.45) is 11.8 Å². The van der Waals surface area contributed by atoms with Gasteiger partial charge in [0.15, 0.2) is 0 Å². The topological polar surface area (TPSA) is 12.0 Å². The Balaban J connectivity index is 3.39. The quantitative estimate of drug-likeness (QED) is 0.626. The van der Waals surface area contributed by atoms with E-state index < -0.39 is 0 Å². The Morgan fingerprint density at radius 1 is 1.00 bits per heavy atom. The molecule has 86 valence electrons. The molecule has 0 fully saturated rings. The number of rotatable bonds is 8. The standard InChI is InChI=1S/C13H29N/c1-6-14-13(5)10-12(4)9-7-8-11(2)3/h11-14H,6-10H2,1-5H3. The van der Waals surface area contributed by atoms with Crippen LogP contribution in [0.4, 0.5) is 0 Å². The van der Waals surface area contributed by atoms with E-state index in [1.165, 1.54) is 25.7 Å². The zero-order chi connectivity index (χ0) is 11.0. The van der Waals surface area contributed by atoms with E-state index in [4.69, 9.17) is 0 Å². The molecule has 0 saturated heterocycles. The van der Waals surface area contributed by atoms with Crippen LogP contribution in [0.3, 0.4) is 0 Å². The first-order valence-corrected chi connectivity index (χ1v) is 6.29. The molecule has 0 aliphatic rings.